The Labute approximate surface area is 95.6 Å². The summed E-state index contributed by atoms with van der Waals surface area (Å²) in [5.74, 6) is 0.981. The van der Waals surface area contributed by atoms with Crippen molar-refractivity contribution in [3.8, 4) is 0 Å². The lowest BCUT2D eigenvalue weighted by Crippen LogP contribution is -2.39. The topological polar surface area (TPSA) is 6.48 Å². The molecule has 0 atom stereocenters. The molecule has 1 saturated heterocycles. The molecule has 1 fully saturated rings. The minimum atomic E-state index is 0.740. The van der Waals surface area contributed by atoms with Crippen LogP contribution < -0.4 is 0 Å². The molecule has 15 heavy (non-hydrogen) atoms. The van der Waals surface area contributed by atoms with Gasteiger partial charge in [0.25, 0.3) is 0 Å². The second-order valence-corrected chi connectivity index (χ2v) is 5.26. The molecule has 0 N–H and O–H groups in total. The molecule has 0 aromatic carbocycles. The molecule has 0 bridgehead atoms. The van der Waals surface area contributed by atoms with Gasteiger partial charge in [-0.05, 0) is 72.3 Å². The molecule has 1 aliphatic rings. The summed E-state index contributed by atoms with van der Waals surface area (Å²) in [6, 6.07) is 0.740. The van der Waals surface area contributed by atoms with E-state index in [9.17, 15) is 0 Å². The first-order valence-electron chi connectivity index (χ1n) is 6.56. The number of likely N-dealkylation sites (tertiary alicyclic amines) is 1. The van der Waals surface area contributed by atoms with Crippen molar-refractivity contribution in [2.24, 2.45) is 5.92 Å². The lowest BCUT2D eigenvalue weighted by atomic mass is 9.93. The van der Waals surface area contributed by atoms with Crippen LogP contribution in [0.1, 0.15) is 40.0 Å². The zero-order valence-corrected chi connectivity index (χ0v) is 11.0. The zero-order chi connectivity index (χ0) is 11.3. The fourth-order valence-electron chi connectivity index (χ4n) is 2.32. The van der Waals surface area contributed by atoms with Gasteiger partial charge in [-0.3, -0.25) is 0 Å². The van der Waals surface area contributed by atoms with Gasteiger partial charge in [0, 0.05) is 6.04 Å². The van der Waals surface area contributed by atoms with E-state index in [0.29, 0.717) is 0 Å². The molecule has 0 radical (unpaired) electrons. The quantitative estimate of drug-likeness (QED) is 0.691. The fourth-order valence-corrected chi connectivity index (χ4v) is 2.32. The average Bonchev–Trinajstić information content (AvgIpc) is 2.26. The van der Waals surface area contributed by atoms with E-state index in [2.05, 4.69) is 37.6 Å². The van der Waals surface area contributed by atoms with Crippen molar-refractivity contribution < 1.29 is 0 Å². The van der Waals surface area contributed by atoms with E-state index < -0.39 is 0 Å². The van der Waals surface area contributed by atoms with Crippen LogP contribution in [0.2, 0.25) is 0 Å². The Bertz CT molecular complexity index is 160. The molecule has 0 unspecified atom stereocenters. The summed E-state index contributed by atoms with van der Waals surface area (Å²) >= 11 is 0. The van der Waals surface area contributed by atoms with Crippen LogP contribution in [-0.2, 0) is 0 Å². The van der Waals surface area contributed by atoms with E-state index >= 15 is 0 Å². The Morgan fingerprint density at radius 3 is 2.33 bits per heavy atom. The van der Waals surface area contributed by atoms with Crippen LogP contribution in [-0.4, -0.2) is 49.1 Å². The summed E-state index contributed by atoms with van der Waals surface area (Å²) in [6.45, 7) is 12.0. The molecule has 0 spiro atoms. The maximum Gasteiger partial charge on any atom is 0.00385 e. The fraction of sp³-hybridized carbons (Fsp3) is 1.00. The maximum absolute atomic E-state index is 2.61. The predicted octanol–water partition coefficient (Wildman–Crippen LogP) is 2.45. The highest BCUT2D eigenvalue weighted by Gasteiger charge is 2.20. The van der Waals surface area contributed by atoms with E-state index in [-0.39, 0.29) is 0 Å². The van der Waals surface area contributed by atoms with Gasteiger partial charge in [-0.2, -0.15) is 0 Å². The third-order valence-corrected chi connectivity index (χ3v) is 3.84. The van der Waals surface area contributed by atoms with Crippen LogP contribution >= 0.6 is 0 Å². The second kappa shape index (κ2) is 6.49. The lowest BCUT2D eigenvalue weighted by molar-refractivity contribution is 0.140. The molecule has 1 rings (SSSR count). The minimum absolute atomic E-state index is 0.740. The molecular weight excluding hydrogens is 184 g/mol. The Kier molecular flexibility index (Phi) is 5.62. The number of nitrogens with zero attached hydrogens (tertiary/aromatic N) is 2. The van der Waals surface area contributed by atoms with E-state index in [0.717, 1.165) is 12.0 Å². The number of rotatable bonds is 5. The van der Waals surface area contributed by atoms with Gasteiger partial charge in [-0.1, -0.05) is 6.92 Å². The Balaban J connectivity index is 2.14. The van der Waals surface area contributed by atoms with Crippen LogP contribution in [0, 0.1) is 5.92 Å². The van der Waals surface area contributed by atoms with Crippen molar-refractivity contribution in [1.82, 2.24) is 9.80 Å². The number of hydrogen-bond acceptors (Lipinski definition) is 2. The second-order valence-electron chi connectivity index (χ2n) is 5.26. The summed E-state index contributed by atoms with van der Waals surface area (Å²) in [5, 5.41) is 0. The summed E-state index contributed by atoms with van der Waals surface area (Å²) in [7, 11) is 2.23. The van der Waals surface area contributed by atoms with Crippen LogP contribution in [0.4, 0.5) is 0 Å². The van der Waals surface area contributed by atoms with Crippen LogP contribution in [0.25, 0.3) is 0 Å². The van der Waals surface area contributed by atoms with E-state index in [1.54, 1.807) is 0 Å². The molecular formula is C13H28N2. The minimum Gasteiger partial charge on any atom is -0.307 e. The highest BCUT2D eigenvalue weighted by Crippen LogP contribution is 2.21. The van der Waals surface area contributed by atoms with Gasteiger partial charge < -0.3 is 9.80 Å². The monoisotopic (exact) mass is 212 g/mol. The third kappa shape index (κ3) is 4.52. The predicted molar refractivity (Wildman–Crippen MR) is 67.2 cm³/mol. The Hall–Kier alpha value is -0.0800. The molecule has 1 aliphatic heterocycles. The van der Waals surface area contributed by atoms with Gasteiger partial charge in [-0.25, -0.2) is 0 Å². The molecule has 0 aromatic heterocycles. The van der Waals surface area contributed by atoms with E-state index in [1.807, 2.05) is 0 Å². The first kappa shape index (κ1) is 13.0. The molecule has 0 aliphatic carbocycles. The van der Waals surface area contributed by atoms with Crippen molar-refractivity contribution in [3.05, 3.63) is 0 Å². The first-order valence-corrected chi connectivity index (χ1v) is 6.56. The summed E-state index contributed by atoms with van der Waals surface area (Å²) in [4.78, 5) is 5.04. The molecule has 1 heterocycles. The van der Waals surface area contributed by atoms with Crippen molar-refractivity contribution >= 4 is 0 Å². The molecule has 90 valence electrons. The Morgan fingerprint density at radius 1 is 1.27 bits per heavy atom. The van der Waals surface area contributed by atoms with Crippen LogP contribution in [0.3, 0.4) is 0 Å². The SMILES string of the molecule is CCN(C)CCC1CCN(C(C)C)CC1. The van der Waals surface area contributed by atoms with Gasteiger partial charge >= 0.3 is 0 Å². The van der Waals surface area contributed by atoms with Crippen LogP contribution in [0.5, 0.6) is 0 Å². The highest BCUT2D eigenvalue weighted by atomic mass is 15.1. The van der Waals surface area contributed by atoms with Gasteiger partial charge in [0.2, 0.25) is 0 Å². The number of hydrogen-bond donors (Lipinski definition) is 0. The van der Waals surface area contributed by atoms with Gasteiger partial charge in [0.05, 0.1) is 0 Å². The third-order valence-electron chi connectivity index (χ3n) is 3.84. The standard InChI is InChI=1S/C13H28N2/c1-5-14(4)9-6-13-7-10-15(11-8-13)12(2)3/h12-13H,5-11H2,1-4H3. The largest absolute Gasteiger partial charge is 0.307 e. The van der Waals surface area contributed by atoms with Gasteiger partial charge in [0.15, 0.2) is 0 Å². The molecule has 0 aromatic rings. The van der Waals surface area contributed by atoms with Gasteiger partial charge in [0.1, 0.15) is 0 Å². The normalized spacial score (nSPS) is 20.4. The van der Waals surface area contributed by atoms with Crippen molar-refractivity contribution in [1.29, 1.82) is 0 Å². The summed E-state index contributed by atoms with van der Waals surface area (Å²) < 4.78 is 0. The first-order chi connectivity index (χ1) is 7.13. The molecule has 2 heteroatoms. The van der Waals surface area contributed by atoms with Crippen LogP contribution in [0.15, 0.2) is 0 Å². The molecule has 0 saturated carbocycles. The van der Waals surface area contributed by atoms with E-state index in [1.165, 1.54) is 45.4 Å². The zero-order valence-electron chi connectivity index (χ0n) is 11.0. The summed E-state index contributed by atoms with van der Waals surface area (Å²) in [6.07, 6.45) is 4.22. The molecule has 0 amide bonds. The summed E-state index contributed by atoms with van der Waals surface area (Å²) in [5.41, 5.74) is 0. The van der Waals surface area contributed by atoms with Crippen molar-refractivity contribution in [3.63, 3.8) is 0 Å². The van der Waals surface area contributed by atoms with Crippen molar-refractivity contribution in [2.75, 3.05) is 33.2 Å². The van der Waals surface area contributed by atoms with Gasteiger partial charge in [-0.15, -0.1) is 0 Å². The smallest absolute Gasteiger partial charge is 0.00385 e. The molecule has 2 nitrogen and oxygen atoms in total. The maximum atomic E-state index is 2.61. The number of piperidine rings is 1. The Morgan fingerprint density at radius 2 is 1.87 bits per heavy atom. The van der Waals surface area contributed by atoms with Crippen molar-refractivity contribution in [2.45, 2.75) is 46.1 Å². The average molecular weight is 212 g/mol. The highest BCUT2D eigenvalue weighted by molar-refractivity contribution is 4.74. The lowest BCUT2D eigenvalue weighted by Gasteiger charge is -2.35. The van der Waals surface area contributed by atoms with E-state index in [4.69, 9.17) is 0 Å².